The highest BCUT2D eigenvalue weighted by molar-refractivity contribution is 6.06. The van der Waals surface area contributed by atoms with Crippen LogP contribution < -0.4 is 10.1 Å². The molecule has 1 atom stereocenters. The number of anilines is 1. The quantitative estimate of drug-likeness (QED) is 0.224. The lowest BCUT2D eigenvalue weighted by Gasteiger charge is -2.18. The summed E-state index contributed by atoms with van der Waals surface area (Å²) in [7, 11) is 0. The smallest absolute Gasteiger partial charge is 0.172 e. The first kappa shape index (κ1) is 26.2. The third-order valence-electron chi connectivity index (χ3n) is 8.47. The second-order valence-corrected chi connectivity index (χ2v) is 11.7. The van der Waals surface area contributed by atoms with E-state index in [1.165, 1.54) is 16.3 Å². The highest BCUT2D eigenvalue weighted by Gasteiger charge is 2.26. The summed E-state index contributed by atoms with van der Waals surface area (Å²) in [6.07, 6.45) is -0.0307. The summed E-state index contributed by atoms with van der Waals surface area (Å²) in [6, 6.07) is 46.7. The highest BCUT2D eigenvalue weighted by atomic mass is 16.5. The average Bonchev–Trinajstić information content (AvgIpc) is 3.52. The first-order chi connectivity index (χ1) is 21.6. The molecule has 1 unspecified atom stereocenters. The Kier molecular flexibility index (Phi) is 6.34. The lowest BCUT2D eigenvalue weighted by atomic mass is 9.87. The Bertz CT molecular complexity index is 2170. The molecule has 4 nitrogen and oxygen atoms in total. The first-order valence-electron chi connectivity index (χ1n) is 15.2. The molecule has 44 heavy (non-hydrogen) atoms. The van der Waals surface area contributed by atoms with Crippen LogP contribution in [0.3, 0.4) is 0 Å². The predicted molar refractivity (Wildman–Crippen MR) is 182 cm³/mol. The van der Waals surface area contributed by atoms with Crippen molar-refractivity contribution in [2.24, 2.45) is 5.92 Å². The normalized spacial score (nSPS) is 14.0. The van der Waals surface area contributed by atoms with Crippen molar-refractivity contribution in [1.29, 1.82) is 0 Å². The summed E-state index contributed by atoms with van der Waals surface area (Å²) in [6.45, 7) is 4.34. The van der Waals surface area contributed by atoms with Gasteiger partial charge in [0.1, 0.15) is 5.75 Å². The van der Waals surface area contributed by atoms with Crippen molar-refractivity contribution in [2.45, 2.75) is 20.1 Å². The maximum atomic E-state index is 6.35. The van der Waals surface area contributed by atoms with E-state index >= 15 is 0 Å². The molecule has 1 aliphatic heterocycles. The molecule has 212 valence electrons. The number of hydrogen-bond donors (Lipinski definition) is 1. The van der Waals surface area contributed by atoms with Crippen LogP contribution in [-0.2, 0) is 0 Å². The lowest BCUT2D eigenvalue weighted by molar-refractivity contribution is 0.199. The molecule has 1 aliphatic rings. The van der Waals surface area contributed by atoms with E-state index in [4.69, 9.17) is 14.7 Å². The Morgan fingerprint density at radius 3 is 2.18 bits per heavy atom. The zero-order chi connectivity index (χ0) is 29.6. The number of hydrogen-bond acceptors (Lipinski definition) is 4. The zero-order valence-corrected chi connectivity index (χ0v) is 24.7. The van der Waals surface area contributed by atoms with Gasteiger partial charge in [-0.1, -0.05) is 129 Å². The number of ether oxygens (including phenoxy) is 1. The molecule has 1 aromatic heterocycles. The lowest BCUT2D eigenvalue weighted by Crippen LogP contribution is -2.26. The number of rotatable bonds is 5. The van der Waals surface area contributed by atoms with Crippen LogP contribution in [0.4, 0.5) is 5.69 Å². The summed E-state index contributed by atoms with van der Waals surface area (Å²) < 4.78 is 6.35. The fourth-order valence-corrected chi connectivity index (χ4v) is 6.25. The predicted octanol–water partition coefficient (Wildman–Crippen LogP) is 10.2. The van der Waals surface area contributed by atoms with E-state index in [9.17, 15) is 0 Å². The van der Waals surface area contributed by atoms with Gasteiger partial charge in [0.05, 0.1) is 16.9 Å². The molecule has 0 saturated carbocycles. The molecule has 2 heterocycles. The third-order valence-corrected chi connectivity index (χ3v) is 8.47. The van der Waals surface area contributed by atoms with Crippen LogP contribution in [0.15, 0.2) is 133 Å². The van der Waals surface area contributed by atoms with E-state index < -0.39 is 0 Å². The van der Waals surface area contributed by atoms with Gasteiger partial charge in [0.2, 0.25) is 0 Å². The van der Waals surface area contributed by atoms with Gasteiger partial charge in [-0.2, -0.15) is 0 Å². The van der Waals surface area contributed by atoms with Crippen LogP contribution >= 0.6 is 0 Å². The minimum absolute atomic E-state index is 0.0307. The maximum absolute atomic E-state index is 6.35. The molecule has 0 amide bonds. The second kappa shape index (κ2) is 10.7. The molecule has 0 spiro atoms. The monoisotopic (exact) mass is 569 g/mol. The number of benzene rings is 6. The zero-order valence-electron chi connectivity index (χ0n) is 24.7. The van der Waals surface area contributed by atoms with Gasteiger partial charge in [-0.3, -0.25) is 0 Å². The largest absolute Gasteiger partial charge is 0.468 e. The van der Waals surface area contributed by atoms with Crippen molar-refractivity contribution < 1.29 is 4.74 Å². The number of para-hydroxylation sites is 1. The van der Waals surface area contributed by atoms with Crippen LogP contribution in [0.1, 0.15) is 13.8 Å². The molecule has 0 aliphatic carbocycles. The van der Waals surface area contributed by atoms with Crippen LogP contribution in [-0.4, -0.2) is 16.2 Å². The Morgan fingerprint density at radius 2 is 1.34 bits per heavy atom. The van der Waals surface area contributed by atoms with Gasteiger partial charge in [0.25, 0.3) is 0 Å². The third kappa shape index (κ3) is 4.47. The van der Waals surface area contributed by atoms with Crippen molar-refractivity contribution >= 4 is 27.4 Å². The second-order valence-electron chi connectivity index (χ2n) is 11.7. The van der Waals surface area contributed by atoms with E-state index in [0.29, 0.717) is 11.7 Å². The Morgan fingerprint density at radius 1 is 0.614 bits per heavy atom. The molecule has 1 N–H and O–H groups in total. The maximum Gasteiger partial charge on any atom is 0.172 e. The minimum Gasteiger partial charge on any atom is -0.468 e. The number of nitrogens with one attached hydrogen (secondary N) is 1. The molecule has 7 aromatic rings. The number of aromatic nitrogens is 2. The fourth-order valence-electron chi connectivity index (χ4n) is 6.25. The SMILES string of the molecule is CC(C)C1Nc2ccc(-c3c(-c4ccccc4-c4nc(-c5ccccc5)c5ccccc5n4)ccc4ccccc34)cc2O1. The molecule has 6 aromatic carbocycles. The van der Waals surface area contributed by atoms with Gasteiger partial charge in [-0.25, -0.2) is 9.97 Å². The molecule has 0 fully saturated rings. The van der Waals surface area contributed by atoms with Crippen molar-refractivity contribution in [1.82, 2.24) is 9.97 Å². The Balaban J connectivity index is 1.35. The molecule has 4 heteroatoms. The van der Waals surface area contributed by atoms with Crippen LogP contribution in [0.2, 0.25) is 0 Å². The van der Waals surface area contributed by atoms with Crippen LogP contribution in [0.25, 0.3) is 66.6 Å². The van der Waals surface area contributed by atoms with E-state index in [1.54, 1.807) is 0 Å². The minimum atomic E-state index is -0.0307. The van der Waals surface area contributed by atoms with E-state index in [0.717, 1.165) is 55.9 Å². The summed E-state index contributed by atoms with van der Waals surface area (Å²) in [5.41, 5.74) is 9.45. The summed E-state index contributed by atoms with van der Waals surface area (Å²) >= 11 is 0. The average molecular weight is 570 g/mol. The van der Waals surface area contributed by atoms with Gasteiger partial charge < -0.3 is 10.1 Å². The molecule has 0 radical (unpaired) electrons. The van der Waals surface area contributed by atoms with E-state index in [2.05, 4.69) is 134 Å². The van der Waals surface area contributed by atoms with Crippen molar-refractivity contribution in [2.75, 3.05) is 5.32 Å². The van der Waals surface area contributed by atoms with Gasteiger partial charge in [0, 0.05) is 22.4 Å². The van der Waals surface area contributed by atoms with Gasteiger partial charge in [0.15, 0.2) is 12.1 Å². The van der Waals surface area contributed by atoms with Crippen LogP contribution in [0, 0.1) is 5.92 Å². The molecular formula is C40H31N3O. The topological polar surface area (TPSA) is 47.0 Å². The summed E-state index contributed by atoms with van der Waals surface area (Å²) in [5, 5.41) is 6.94. The highest BCUT2D eigenvalue weighted by Crippen LogP contribution is 2.45. The Labute approximate surface area is 257 Å². The van der Waals surface area contributed by atoms with Crippen LogP contribution in [0.5, 0.6) is 5.75 Å². The number of nitrogens with zero attached hydrogens (tertiary/aromatic N) is 2. The van der Waals surface area contributed by atoms with Crippen molar-refractivity contribution in [3.63, 3.8) is 0 Å². The molecule has 8 rings (SSSR count). The first-order valence-corrected chi connectivity index (χ1v) is 15.2. The number of fused-ring (bicyclic) bond motifs is 3. The standard InChI is InChI=1S/C40H31N3O/c1-25(2)40-42-35-23-21-28(24-36(35)44-40)37-29-15-7-6-12-26(29)20-22-31(37)30-16-8-9-17-32(30)39-41-34-19-11-10-18-33(34)38(43-39)27-13-4-3-5-14-27/h3-25,40,42H,1-2H3. The van der Waals surface area contributed by atoms with E-state index in [1.807, 2.05) is 18.2 Å². The molecule has 0 bridgehead atoms. The van der Waals surface area contributed by atoms with Crippen molar-refractivity contribution in [3.05, 3.63) is 133 Å². The summed E-state index contributed by atoms with van der Waals surface area (Å²) in [4.78, 5) is 10.3. The van der Waals surface area contributed by atoms with E-state index in [-0.39, 0.29) is 6.23 Å². The van der Waals surface area contributed by atoms with Gasteiger partial charge in [-0.15, -0.1) is 0 Å². The van der Waals surface area contributed by atoms with Gasteiger partial charge in [-0.05, 0) is 51.2 Å². The van der Waals surface area contributed by atoms with Gasteiger partial charge >= 0.3 is 0 Å². The van der Waals surface area contributed by atoms with Crippen molar-refractivity contribution in [3.8, 4) is 50.6 Å². The molecular weight excluding hydrogens is 538 g/mol. The Hall–Kier alpha value is -5.48. The fraction of sp³-hybridized carbons (Fsp3) is 0.100. The molecule has 0 saturated heterocycles. The summed E-state index contributed by atoms with van der Waals surface area (Å²) in [5.74, 6) is 1.95.